The minimum absolute atomic E-state index is 0.115. The lowest BCUT2D eigenvalue weighted by atomic mass is 10.0. The molecule has 6 heteroatoms. The van der Waals surface area contributed by atoms with Crippen LogP contribution in [0, 0.1) is 0 Å². The van der Waals surface area contributed by atoms with Gasteiger partial charge in [0.15, 0.2) is 0 Å². The molecule has 0 unspecified atom stereocenters. The molecule has 5 nitrogen and oxygen atoms in total. The van der Waals surface area contributed by atoms with Crippen molar-refractivity contribution < 1.29 is 18.6 Å². The molecule has 1 heterocycles. The van der Waals surface area contributed by atoms with Gasteiger partial charge in [0.05, 0.1) is 31.9 Å². The summed E-state index contributed by atoms with van der Waals surface area (Å²) in [4.78, 5) is 6.64. The minimum atomic E-state index is -0.471. The number of aromatic nitrogens is 1. The Labute approximate surface area is 171 Å². The molecule has 0 amide bonds. The second kappa shape index (κ2) is 10.7. The number of nitrogens with zero attached hydrogens (tertiary/aromatic N) is 2. The molecule has 154 valence electrons. The van der Waals surface area contributed by atoms with Crippen LogP contribution in [-0.4, -0.2) is 58.8 Å². The van der Waals surface area contributed by atoms with Gasteiger partial charge >= 0.3 is 0 Å². The van der Waals surface area contributed by atoms with E-state index >= 15 is 0 Å². The number of rotatable bonds is 11. The van der Waals surface area contributed by atoms with Gasteiger partial charge in [0.25, 0.3) is 0 Å². The highest BCUT2D eigenvalue weighted by Gasteiger charge is 2.04. The van der Waals surface area contributed by atoms with E-state index in [4.69, 9.17) is 14.2 Å². The number of fused-ring (bicyclic) bond motifs is 1. The smallest absolute Gasteiger partial charge is 0.213 e. The predicted octanol–water partition coefficient (Wildman–Crippen LogP) is 4.35. The van der Waals surface area contributed by atoms with E-state index in [2.05, 4.69) is 46.3 Å². The number of ether oxygens (including phenoxy) is 3. The van der Waals surface area contributed by atoms with Crippen molar-refractivity contribution in [2.24, 2.45) is 0 Å². The molecule has 0 bridgehead atoms. The topological polar surface area (TPSA) is 43.8 Å². The Morgan fingerprint density at radius 1 is 0.793 bits per heavy atom. The summed E-state index contributed by atoms with van der Waals surface area (Å²) in [5.74, 6) is 0.567. The van der Waals surface area contributed by atoms with E-state index in [1.807, 2.05) is 32.3 Å². The summed E-state index contributed by atoms with van der Waals surface area (Å²) < 4.78 is 27.9. The van der Waals surface area contributed by atoms with E-state index in [-0.39, 0.29) is 6.61 Å². The Morgan fingerprint density at radius 2 is 1.48 bits per heavy atom. The third-order valence-corrected chi connectivity index (χ3v) is 4.45. The van der Waals surface area contributed by atoms with Crippen LogP contribution in [0.4, 0.5) is 10.1 Å². The summed E-state index contributed by atoms with van der Waals surface area (Å²) in [5.41, 5.74) is 4.39. The number of halogens is 1. The molecule has 0 fully saturated rings. The Morgan fingerprint density at radius 3 is 2.21 bits per heavy atom. The van der Waals surface area contributed by atoms with E-state index in [1.54, 1.807) is 0 Å². The molecule has 0 saturated heterocycles. The van der Waals surface area contributed by atoms with Gasteiger partial charge in [0.2, 0.25) is 5.88 Å². The Bertz CT molecular complexity index is 900. The first kappa shape index (κ1) is 21.0. The summed E-state index contributed by atoms with van der Waals surface area (Å²) >= 11 is 0. The molecule has 29 heavy (non-hydrogen) atoms. The average molecular weight is 398 g/mol. The van der Waals surface area contributed by atoms with Gasteiger partial charge in [-0.25, -0.2) is 9.37 Å². The number of pyridine rings is 1. The second-order valence-corrected chi connectivity index (χ2v) is 6.76. The largest absolute Gasteiger partial charge is 0.475 e. The fourth-order valence-electron chi connectivity index (χ4n) is 2.90. The van der Waals surface area contributed by atoms with Crippen molar-refractivity contribution in [1.82, 2.24) is 4.98 Å². The van der Waals surface area contributed by atoms with Gasteiger partial charge in [-0.2, -0.15) is 0 Å². The SMILES string of the molecule is CN(C)c1ccc(-c2ccc3nc(OCCOCCOCCF)ccc3c2)cc1. The summed E-state index contributed by atoms with van der Waals surface area (Å²) in [6, 6.07) is 18.6. The van der Waals surface area contributed by atoms with Crippen LogP contribution in [0.3, 0.4) is 0 Å². The van der Waals surface area contributed by atoms with Crippen molar-refractivity contribution in [3.05, 3.63) is 54.6 Å². The molecule has 3 aromatic rings. The van der Waals surface area contributed by atoms with E-state index < -0.39 is 6.67 Å². The second-order valence-electron chi connectivity index (χ2n) is 6.76. The van der Waals surface area contributed by atoms with Gasteiger partial charge in [0, 0.05) is 31.2 Å². The van der Waals surface area contributed by atoms with Gasteiger partial charge in [0.1, 0.15) is 13.3 Å². The van der Waals surface area contributed by atoms with Gasteiger partial charge in [-0.3, -0.25) is 0 Å². The molecule has 0 aliphatic rings. The normalized spacial score (nSPS) is 11.0. The van der Waals surface area contributed by atoms with Crippen LogP contribution >= 0.6 is 0 Å². The van der Waals surface area contributed by atoms with Crippen molar-refractivity contribution in [2.75, 3.05) is 58.7 Å². The van der Waals surface area contributed by atoms with Crippen LogP contribution in [0.25, 0.3) is 22.0 Å². The lowest BCUT2D eigenvalue weighted by molar-refractivity contribution is 0.0321. The minimum Gasteiger partial charge on any atom is -0.475 e. The van der Waals surface area contributed by atoms with E-state index in [1.165, 1.54) is 11.3 Å². The first-order valence-electron chi connectivity index (χ1n) is 9.70. The molecule has 0 spiro atoms. The highest BCUT2D eigenvalue weighted by atomic mass is 19.1. The van der Waals surface area contributed by atoms with Gasteiger partial charge < -0.3 is 19.1 Å². The molecule has 0 saturated carbocycles. The van der Waals surface area contributed by atoms with Crippen LogP contribution in [-0.2, 0) is 9.47 Å². The van der Waals surface area contributed by atoms with Crippen molar-refractivity contribution in [2.45, 2.75) is 0 Å². The zero-order valence-electron chi connectivity index (χ0n) is 16.9. The quantitative estimate of drug-likeness (QED) is 0.449. The standard InChI is InChI=1S/C23H27FN2O3/c1-26(2)21-7-3-18(4-8-21)19-5-9-22-20(17-19)6-10-23(25-22)29-16-15-28-14-13-27-12-11-24/h3-10,17H,11-16H2,1-2H3. The van der Waals surface area contributed by atoms with E-state index in [9.17, 15) is 4.39 Å². The average Bonchev–Trinajstić information content (AvgIpc) is 2.75. The third-order valence-electron chi connectivity index (χ3n) is 4.45. The fraction of sp³-hybridized carbons (Fsp3) is 0.348. The number of hydrogen-bond acceptors (Lipinski definition) is 5. The molecule has 0 radical (unpaired) electrons. The van der Waals surface area contributed by atoms with Crippen LogP contribution in [0.5, 0.6) is 5.88 Å². The molecule has 0 aliphatic heterocycles. The molecule has 0 N–H and O–H groups in total. The van der Waals surface area contributed by atoms with Crippen LogP contribution in [0.15, 0.2) is 54.6 Å². The molecular formula is C23H27FN2O3. The molecule has 0 atom stereocenters. The summed E-state index contributed by atoms with van der Waals surface area (Å²) in [7, 11) is 4.07. The van der Waals surface area contributed by atoms with Gasteiger partial charge in [-0.1, -0.05) is 18.2 Å². The Kier molecular flexibility index (Phi) is 7.78. The van der Waals surface area contributed by atoms with Gasteiger partial charge in [-0.05, 0) is 41.5 Å². The van der Waals surface area contributed by atoms with Crippen LogP contribution in [0.2, 0.25) is 0 Å². The number of hydrogen-bond donors (Lipinski definition) is 0. The molecular weight excluding hydrogens is 371 g/mol. The lowest BCUT2D eigenvalue weighted by Crippen LogP contribution is -2.11. The zero-order chi connectivity index (χ0) is 20.5. The fourth-order valence-corrected chi connectivity index (χ4v) is 2.90. The van der Waals surface area contributed by atoms with Crippen molar-refractivity contribution >= 4 is 16.6 Å². The lowest BCUT2D eigenvalue weighted by Gasteiger charge is -2.13. The highest BCUT2D eigenvalue weighted by molar-refractivity contribution is 5.85. The van der Waals surface area contributed by atoms with Crippen LogP contribution in [0.1, 0.15) is 0 Å². The summed E-state index contributed by atoms with van der Waals surface area (Å²) in [6.45, 7) is 1.29. The number of alkyl halides is 1. The maximum absolute atomic E-state index is 11.9. The number of anilines is 1. The molecule has 2 aromatic carbocycles. The first-order valence-corrected chi connectivity index (χ1v) is 9.70. The molecule has 0 aliphatic carbocycles. The number of benzene rings is 2. The third kappa shape index (κ3) is 6.14. The van der Waals surface area contributed by atoms with E-state index in [0.29, 0.717) is 32.3 Å². The summed E-state index contributed by atoms with van der Waals surface area (Å²) in [5, 5.41) is 1.06. The van der Waals surface area contributed by atoms with Crippen molar-refractivity contribution in [1.29, 1.82) is 0 Å². The maximum atomic E-state index is 11.9. The Hall–Kier alpha value is -2.70. The van der Waals surface area contributed by atoms with Gasteiger partial charge in [-0.15, -0.1) is 0 Å². The predicted molar refractivity (Wildman–Crippen MR) is 115 cm³/mol. The highest BCUT2D eigenvalue weighted by Crippen LogP contribution is 2.26. The first-order chi connectivity index (χ1) is 14.2. The van der Waals surface area contributed by atoms with E-state index in [0.717, 1.165) is 16.5 Å². The van der Waals surface area contributed by atoms with Crippen LogP contribution < -0.4 is 9.64 Å². The van der Waals surface area contributed by atoms with Crippen molar-refractivity contribution in [3.8, 4) is 17.0 Å². The van der Waals surface area contributed by atoms with Crippen molar-refractivity contribution in [3.63, 3.8) is 0 Å². The molecule has 3 rings (SSSR count). The Balaban J connectivity index is 1.55. The summed E-state index contributed by atoms with van der Waals surface area (Å²) in [6.07, 6.45) is 0. The maximum Gasteiger partial charge on any atom is 0.213 e. The molecule has 1 aromatic heterocycles. The monoisotopic (exact) mass is 398 g/mol. The zero-order valence-corrected chi connectivity index (χ0v) is 16.9.